The van der Waals surface area contributed by atoms with Crippen LogP contribution in [-0.2, 0) is 0 Å². The van der Waals surface area contributed by atoms with Gasteiger partial charge in [0.2, 0.25) is 0 Å². The molecule has 98 valence electrons. The number of aldehydes is 1. The molecule has 0 radical (unpaired) electrons. The van der Waals surface area contributed by atoms with Gasteiger partial charge in [-0.1, -0.05) is 17.7 Å². The second-order valence-corrected chi connectivity index (χ2v) is 4.65. The summed E-state index contributed by atoms with van der Waals surface area (Å²) in [6, 6.07) is 13.3. The minimum Gasteiger partial charge on any atom is -0.457 e. The second kappa shape index (κ2) is 5.57. The lowest BCUT2D eigenvalue weighted by Gasteiger charge is -2.14. The van der Waals surface area contributed by atoms with Crippen molar-refractivity contribution in [2.75, 3.05) is 19.0 Å². The predicted molar refractivity (Wildman–Crippen MR) is 77.4 cm³/mol. The lowest BCUT2D eigenvalue weighted by molar-refractivity contribution is 0.112. The first-order chi connectivity index (χ1) is 9.10. The Hall–Kier alpha value is -2.29. The minimum absolute atomic E-state index is 0.565. The van der Waals surface area contributed by atoms with Crippen molar-refractivity contribution >= 4 is 12.0 Å². The third-order valence-electron chi connectivity index (χ3n) is 2.85. The summed E-state index contributed by atoms with van der Waals surface area (Å²) in [6.07, 6.45) is 0.818. The molecule has 0 aliphatic carbocycles. The molecule has 2 aromatic carbocycles. The molecule has 0 amide bonds. The molecular weight excluding hydrogens is 238 g/mol. The van der Waals surface area contributed by atoms with E-state index in [9.17, 15) is 4.79 Å². The highest BCUT2D eigenvalue weighted by Crippen LogP contribution is 2.27. The topological polar surface area (TPSA) is 29.5 Å². The van der Waals surface area contributed by atoms with Crippen LogP contribution in [0.2, 0.25) is 0 Å². The van der Waals surface area contributed by atoms with Crippen molar-refractivity contribution in [3.8, 4) is 11.5 Å². The molecular formula is C16H17NO2. The highest BCUT2D eigenvalue weighted by atomic mass is 16.5. The highest BCUT2D eigenvalue weighted by molar-refractivity contribution is 5.79. The van der Waals surface area contributed by atoms with Crippen molar-refractivity contribution in [3.63, 3.8) is 0 Å². The van der Waals surface area contributed by atoms with Crippen molar-refractivity contribution in [2.24, 2.45) is 0 Å². The van der Waals surface area contributed by atoms with E-state index in [0.717, 1.165) is 23.3 Å². The van der Waals surface area contributed by atoms with E-state index in [0.29, 0.717) is 11.3 Å². The van der Waals surface area contributed by atoms with Gasteiger partial charge in [-0.15, -0.1) is 0 Å². The fraction of sp³-hybridized carbons (Fsp3) is 0.188. The molecule has 2 rings (SSSR count). The zero-order valence-corrected chi connectivity index (χ0v) is 11.4. The van der Waals surface area contributed by atoms with Crippen LogP contribution in [0, 0.1) is 6.92 Å². The van der Waals surface area contributed by atoms with Crippen molar-refractivity contribution in [1.29, 1.82) is 0 Å². The third kappa shape index (κ3) is 3.13. The molecule has 0 atom stereocenters. The van der Waals surface area contributed by atoms with Gasteiger partial charge >= 0.3 is 0 Å². The molecule has 0 aliphatic heterocycles. The Morgan fingerprint density at radius 3 is 2.58 bits per heavy atom. The number of nitrogens with zero attached hydrogens (tertiary/aromatic N) is 1. The van der Waals surface area contributed by atoms with Gasteiger partial charge in [0.25, 0.3) is 0 Å². The molecule has 3 nitrogen and oxygen atoms in total. The van der Waals surface area contributed by atoms with Crippen LogP contribution in [0.4, 0.5) is 5.69 Å². The van der Waals surface area contributed by atoms with Gasteiger partial charge in [-0.05, 0) is 31.2 Å². The van der Waals surface area contributed by atoms with Gasteiger partial charge in [-0.2, -0.15) is 0 Å². The second-order valence-electron chi connectivity index (χ2n) is 4.65. The van der Waals surface area contributed by atoms with Gasteiger partial charge in [0.05, 0.1) is 5.56 Å². The Labute approximate surface area is 113 Å². The van der Waals surface area contributed by atoms with Gasteiger partial charge < -0.3 is 9.64 Å². The lowest BCUT2D eigenvalue weighted by atomic mass is 10.1. The first kappa shape index (κ1) is 13.1. The zero-order chi connectivity index (χ0) is 13.8. The molecule has 3 heteroatoms. The number of carbonyl (C=O) groups is 1. The van der Waals surface area contributed by atoms with Crippen molar-refractivity contribution in [3.05, 3.63) is 53.6 Å². The van der Waals surface area contributed by atoms with E-state index in [2.05, 4.69) is 0 Å². The molecule has 19 heavy (non-hydrogen) atoms. The molecule has 0 spiro atoms. The molecule has 0 N–H and O–H groups in total. The summed E-state index contributed by atoms with van der Waals surface area (Å²) in [5, 5.41) is 0. The predicted octanol–water partition coefficient (Wildman–Crippen LogP) is 3.67. The van der Waals surface area contributed by atoms with E-state index in [1.54, 1.807) is 0 Å². The number of benzene rings is 2. The molecule has 0 fully saturated rings. The van der Waals surface area contributed by atoms with Gasteiger partial charge in [0, 0.05) is 25.8 Å². The fourth-order valence-electron chi connectivity index (χ4n) is 1.81. The monoisotopic (exact) mass is 255 g/mol. The van der Waals surface area contributed by atoms with Crippen LogP contribution >= 0.6 is 0 Å². The van der Waals surface area contributed by atoms with Crippen LogP contribution in [0.15, 0.2) is 42.5 Å². The third-order valence-corrected chi connectivity index (χ3v) is 2.85. The van der Waals surface area contributed by atoms with Crippen LogP contribution in [0.5, 0.6) is 11.5 Å². The molecule has 2 aromatic rings. The first-order valence-electron chi connectivity index (χ1n) is 6.11. The lowest BCUT2D eigenvalue weighted by Crippen LogP contribution is -2.08. The number of hydrogen-bond donors (Lipinski definition) is 0. The van der Waals surface area contributed by atoms with Crippen LogP contribution in [0.3, 0.4) is 0 Å². The van der Waals surface area contributed by atoms with Crippen molar-refractivity contribution in [2.45, 2.75) is 6.92 Å². The molecule has 0 saturated heterocycles. The van der Waals surface area contributed by atoms with E-state index in [4.69, 9.17) is 4.74 Å². The largest absolute Gasteiger partial charge is 0.457 e. The van der Waals surface area contributed by atoms with Crippen molar-refractivity contribution in [1.82, 2.24) is 0 Å². The van der Waals surface area contributed by atoms with E-state index in [1.165, 1.54) is 0 Å². The summed E-state index contributed by atoms with van der Waals surface area (Å²) in [6.45, 7) is 1.95. The quantitative estimate of drug-likeness (QED) is 0.781. The minimum atomic E-state index is 0.565. The van der Waals surface area contributed by atoms with Gasteiger partial charge in [0.15, 0.2) is 6.29 Å². The van der Waals surface area contributed by atoms with Crippen LogP contribution < -0.4 is 9.64 Å². The Balaban J connectivity index is 2.30. The van der Waals surface area contributed by atoms with Crippen LogP contribution in [-0.4, -0.2) is 20.4 Å². The summed E-state index contributed by atoms with van der Waals surface area (Å²) < 4.78 is 5.79. The number of rotatable bonds is 4. The fourth-order valence-corrected chi connectivity index (χ4v) is 1.81. The Morgan fingerprint density at radius 1 is 1.11 bits per heavy atom. The maximum absolute atomic E-state index is 11.1. The number of carbonyl (C=O) groups excluding carboxylic acids is 1. The van der Waals surface area contributed by atoms with Crippen molar-refractivity contribution < 1.29 is 9.53 Å². The highest BCUT2D eigenvalue weighted by Gasteiger charge is 2.05. The molecule has 0 aliphatic rings. The molecule has 0 unspecified atom stereocenters. The number of hydrogen-bond acceptors (Lipinski definition) is 3. The summed E-state index contributed by atoms with van der Waals surface area (Å²) in [5.74, 6) is 1.30. The summed E-state index contributed by atoms with van der Waals surface area (Å²) in [7, 11) is 3.95. The van der Waals surface area contributed by atoms with Gasteiger partial charge in [-0.3, -0.25) is 4.79 Å². The number of ether oxygens (including phenoxy) is 1. The van der Waals surface area contributed by atoms with Crippen LogP contribution in [0.1, 0.15) is 15.9 Å². The molecule has 0 saturated carbocycles. The van der Waals surface area contributed by atoms with Gasteiger partial charge in [0.1, 0.15) is 11.5 Å². The standard InChI is InChI=1S/C16H17NO2/c1-12-7-8-16(13(9-12)11-18)19-15-6-4-5-14(10-15)17(2)3/h4-11H,1-3H3. The average Bonchev–Trinajstić information content (AvgIpc) is 2.41. The smallest absolute Gasteiger partial charge is 0.153 e. The molecule has 0 heterocycles. The maximum Gasteiger partial charge on any atom is 0.153 e. The first-order valence-corrected chi connectivity index (χ1v) is 6.11. The number of aryl methyl sites for hydroxylation is 1. The van der Waals surface area contributed by atoms with E-state index < -0.39 is 0 Å². The average molecular weight is 255 g/mol. The Bertz CT molecular complexity index is 591. The Morgan fingerprint density at radius 2 is 1.89 bits per heavy atom. The van der Waals surface area contributed by atoms with Crippen LogP contribution in [0.25, 0.3) is 0 Å². The summed E-state index contributed by atoms with van der Waals surface area (Å²) >= 11 is 0. The van der Waals surface area contributed by atoms with E-state index in [-0.39, 0.29) is 0 Å². The van der Waals surface area contributed by atoms with E-state index >= 15 is 0 Å². The molecule has 0 aromatic heterocycles. The van der Waals surface area contributed by atoms with E-state index in [1.807, 2.05) is 68.4 Å². The summed E-state index contributed by atoms with van der Waals surface area (Å²) in [4.78, 5) is 13.1. The summed E-state index contributed by atoms with van der Waals surface area (Å²) in [5.41, 5.74) is 2.66. The molecule has 0 bridgehead atoms. The maximum atomic E-state index is 11.1. The normalized spacial score (nSPS) is 10.1. The zero-order valence-electron chi connectivity index (χ0n) is 11.4. The SMILES string of the molecule is Cc1ccc(Oc2cccc(N(C)C)c2)c(C=O)c1. The number of anilines is 1. The van der Waals surface area contributed by atoms with Gasteiger partial charge in [-0.25, -0.2) is 0 Å². The Kier molecular flexibility index (Phi) is 3.85.